The van der Waals surface area contributed by atoms with Crippen LogP contribution in [0.5, 0.6) is 0 Å². The van der Waals surface area contributed by atoms with Crippen LogP contribution >= 0.6 is 34.5 Å². The molecular formula is C11H10Cl2N2OS. The Morgan fingerprint density at radius 3 is 2.88 bits per heavy atom. The van der Waals surface area contributed by atoms with E-state index in [2.05, 4.69) is 11.4 Å². The lowest BCUT2D eigenvalue weighted by Gasteiger charge is -2.15. The third-order valence-electron chi connectivity index (χ3n) is 2.90. The number of nitrogens with zero attached hydrogens (tertiary/aromatic N) is 1. The number of thiophene rings is 1. The molecule has 6 heteroatoms. The minimum absolute atomic E-state index is 0.0674. The molecule has 2 atom stereocenters. The number of carbonyl (C=O) groups excluding carboxylic acids is 1. The van der Waals surface area contributed by atoms with Crippen LogP contribution in [0.1, 0.15) is 29.6 Å². The first-order valence-corrected chi connectivity index (χ1v) is 6.84. The number of rotatable bonds is 2. The summed E-state index contributed by atoms with van der Waals surface area (Å²) in [5, 5.41) is 11.8. The number of nitriles is 1. The zero-order chi connectivity index (χ0) is 12.4. The van der Waals surface area contributed by atoms with Crippen LogP contribution in [-0.2, 0) is 0 Å². The van der Waals surface area contributed by atoms with Gasteiger partial charge in [0, 0.05) is 6.04 Å². The van der Waals surface area contributed by atoms with Gasteiger partial charge in [0.25, 0.3) is 5.91 Å². The predicted octanol–water partition coefficient (Wildman–Crippen LogP) is 3.48. The van der Waals surface area contributed by atoms with Crippen LogP contribution < -0.4 is 5.32 Å². The summed E-state index contributed by atoms with van der Waals surface area (Å²) >= 11 is 12.9. The standard InChI is InChI=1S/C11H10Cl2N2OS/c12-9-4-7(10(13)17-9)11(16)15-8-3-1-2-6(8)5-14/h4,6,8H,1-3H2,(H,15,16). The van der Waals surface area contributed by atoms with Crippen LogP contribution in [0.2, 0.25) is 8.67 Å². The normalized spacial score (nSPS) is 23.4. The lowest BCUT2D eigenvalue weighted by Crippen LogP contribution is -2.36. The summed E-state index contributed by atoms with van der Waals surface area (Å²) in [5.74, 6) is -0.336. The number of amides is 1. The van der Waals surface area contributed by atoms with E-state index in [1.807, 2.05) is 0 Å². The Bertz CT molecular complexity index is 480. The van der Waals surface area contributed by atoms with Crippen LogP contribution in [0.15, 0.2) is 6.07 Å². The smallest absolute Gasteiger partial charge is 0.253 e. The van der Waals surface area contributed by atoms with Gasteiger partial charge in [0.15, 0.2) is 0 Å². The molecule has 1 heterocycles. The zero-order valence-corrected chi connectivity index (χ0v) is 11.2. The lowest BCUT2D eigenvalue weighted by molar-refractivity contribution is 0.0933. The van der Waals surface area contributed by atoms with Gasteiger partial charge in [-0.3, -0.25) is 4.79 Å². The highest BCUT2D eigenvalue weighted by Crippen LogP contribution is 2.32. The number of hydrogen-bond donors (Lipinski definition) is 1. The van der Waals surface area contributed by atoms with Gasteiger partial charge in [-0.05, 0) is 25.3 Å². The lowest BCUT2D eigenvalue weighted by atomic mass is 10.1. The Morgan fingerprint density at radius 1 is 1.53 bits per heavy atom. The highest BCUT2D eigenvalue weighted by atomic mass is 35.5. The van der Waals surface area contributed by atoms with E-state index < -0.39 is 0 Å². The first-order valence-electron chi connectivity index (χ1n) is 5.27. The Kier molecular flexibility index (Phi) is 3.93. The summed E-state index contributed by atoms with van der Waals surface area (Å²) in [6.45, 7) is 0. The Hall–Kier alpha value is -0.760. The summed E-state index contributed by atoms with van der Waals surface area (Å²) in [6, 6.07) is 3.71. The monoisotopic (exact) mass is 288 g/mol. The zero-order valence-electron chi connectivity index (χ0n) is 8.87. The van der Waals surface area contributed by atoms with Crippen LogP contribution in [0.4, 0.5) is 0 Å². The van der Waals surface area contributed by atoms with Gasteiger partial charge < -0.3 is 5.32 Å². The van der Waals surface area contributed by atoms with Crippen LogP contribution in [0.25, 0.3) is 0 Å². The molecule has 1 aliphatic rings. The molecule has 0 aromatic carbocycles. The van der Waals surface area contributed by atoms with Crippen molar-refractivity contribution in [2.75, 3.05) is 0 Å². The fourth-order valence-corrected chi connectivity index (χ4v) is 3.49. The fraction of sp³-hybridized carbons (Fsp3) is 0.455. The molecule has 1 N–H and O–H groups in total. The first-order chi connectivity index (χ1) is 8.11. The van der Waals surface area contributed by atoms with Gasteiger partial charge in [-0.2, -0.15) is 5.26 Å². The molecule has 1 aromatic heterocycles. The van der Waals surface area contributed by atoms with Crippen molar-refractivity contribution in [1.82, 2.24) is 5.32 Å². The summed E-state index contributed by atoms with van der Waals surface area (Å²) in [5.41, 5.74) is 0.394. The van der Waals surface area contributed by atoms with Crippen molar-refractivity contribution < 1.29 is 4.79 Å². The number of halogens is 2. The van der Waals surface area contributed by atoms with Crippen molar-refractivity contribution in [1.29, 1.82) is 5.26 Å². The second kappa shape index (κ2) is 5.26. The number of hydrogen-bond acceptors (Lipinski definition) is 3. The molecule has 17 heavy (non-hydrogen) atoms. The van der Waals surface area contributed by atoms with Gasteiger partial charge >= 0.3 is 0 Å². The molecule has 1 fully saturated rings. The number of nitrogens with one attached hydrogen (secondary N) is 1. The Labute approximate surface area is 113 Å². The molecular weight excluding hydrogens is 279 g/mol. The highest BCUT2D eigenvalue weighted by molar-refractivity contribution is 7.20. The molecule has 2 rings (SSSR count). The first kappa shape index (κ1) is 12.7. The summed E-state index contributed by atoms with van der Waals surface area (Å²) in [6.07, 6.45) is 2.67. The van der Waals surface area contributed by atoms with Gasteiger partial charge in [-0.25, -0.2) is 0 Å². The van der Waals surface area contributed by atoms with Crippen molar-refractivity contribution in [3.63, 3.8) is 0 Å². The fourth-order valence-electron chi connectivity index (χ4n) is 2.03. The largest absolute Gasteiger partial charge is 0.348 e. The summed E-state index contributed by atoms with van der Waals surface area (Å²) in [4.78, 5) is 11.9. The molecule has 0 spiro atoms. The van der Waals surface area contributed by atoms with Gasteiger partial charge in [0.05, 0.1) is 21.9 Å². The van der Waals surface area contributed by atoms with Crippen molar-refractivity contribution >= 4 is 40.4 Å². The maximum absolute atomic E-state index is 11.9. The van der Waals surface area contributed by atoms with E-state index in [-0.39, 0.29) is 17.9 Å². The summed E-state index contributed by atoms with van der Waals surface area (Å²) in [7, 11) is 0. The molecule has 3 nitrogen and oxygen atoms in total. The molecule has 1 aromatic rings. The molecule has 0 aliphatic heterocycles. The van der Waals surface area contributed by atoms with E-state index in [1.54, 1.807) is 6.07 Å². The summed E-state index contributed by atoms with van der Waals surface area (Å²) < 4.78 is 0.877. The van der Waals surface area contributed by atoms with Crippen molar-refractivity contribution in [2.24, 2.45) is 5.92 Å². The molecule has 1 aliphatic carbocycles. The van der Waals surface area contributed by atoms with E-state index in [4.69, 9.17) is 28.5 Å². The number of carbonyl (C=O) groups is 1. The Balaban J connectivity index is 2.07. The average Bonchev–Trinajstić information content (AvgIpc) is 2.84. The molecule has 0 bridgehead atoms. The van der Waals surface area contributed by atoms with Crippen molar-refractivity contribution in [2.45, 2.75) is 25.3 Å². The Morgan fingerprint density at radius 2 is 2.29 bits per heavy atom. The quantitative estimate of drug-likeness (QED) is 0.906. The van der Waals surface area contributed by atoms with Gasteiger partial charge in [-0.15, -0.1) is 11.3 Å². The maximum Gasteiger partial charge on any atom is 0.253 e. The molecule has 0 saturated heterocycles. The SMILES string of the molecule is N#CC1CCCC1NC(=O)c1cc(Cl)sc1Cl. The van der Waals surface area contributed by atoms with Crippen molar-refractivity contribution in [3.05, 3.63) is 20.3 Å². The second-order valence-corrected chi connectivity index (χ2v) is 6.27. The van der Waals surface area contributed by atoms with Crippen molar-refractivity contribution in [3.8, 4) is 6.07 Å². The van der Waals surface area contributed by atoms with E-state index in [1.165, 1.54) is 11.3 Å². The molecule has 90 valence electrons. The third-order valence-corrected chi connectivity index (χ3v) is 4.39. The third kappa shape index (κ3) is 2.74. The highest BCUT2D eigenvalue weighted by Gasteiger charge is 2.29. The van der Waals surface area contributed by atoms with Crippen LogP contribution in [-0.4, -0.2) is 11.9 Å². The van der Waals surface area contributed by atoms with E-state index in [0.717, 1.165) is 19.3 Å². The predicted molar refractivity (Wildman–Crippen MR) is 68.5 cm³/mol. The van der Waals surface area contributed by atoms with Gasteiger partial charge in [0.2, 0.25) is 0 Å². The topological polar surface area (TPSA) is 52.9 Å². The molecule has 2 unspecified atom stereocenters. The van der Waals surface area contributed by atoms with Gasteiger partial charge in [-0.1, -0.05) is 23.2 Å². The average molecular weight is 289 g/mol. The maximum atomic E-state index is 11.9. The van der Waals surface area contributed by atoms with Crippen LogP contribution in [0, 0.1) is 17.2 Å². The second-order valence-electron chi connectivity index (χ2n) is 3.98. The van der Waals surface area contributed by atoms with E-state index in [0.29, 0.717) is 14.2 Å². The molecule has 1 saturated carbocycles. The minimum atomic E-state index is -0.245. The molecule has 0 radical (unpaired) electrons. The van der Waals surface area contributed by atoms with Gasteiger partial charge in [0.1, 0.15) is 4.34 Å². The minimum Gasteiger partial charge on any atom is -0.348 e. The molecule has 1 amide bonds. The van der Waals surface area contributed by atoms with E-state index >= 15 is 0 Å². The van der Waals surface area contributed by atoms with Crippen LogP contribution in [0.3, 0.4) is 0 Å². The van der Waals surface area contributed by atoms with E-state index in [9.17, 15) is 4.79 Å².